The molecule has 4 heteroatoms. The molecule has 3 N–H and O–H groups in total. The van der Waals surface area contributed by atoms with Crippen molar-refractivity contribution in [3.05, 3.63) is 63.9 Å². The molecule has 1 heterocycles. The van der Waals surface area contributed by atoms with Crippen LogP contribution in [-0.2, 0) is 0 Å². The average molecular weight is 262 g/mol. The van der Waals surface area contributed by atoms with Gasteiger partial charge in [0.15, 0.2) is 0 Å². The van der Waals surface area contributed by atoms with Crippen LogP contribution in [0.1, 0.15) is 28.4 Å². The third-order valence-electron chi connectivity index (χ3n) is 2.90. The van der Waals surface area contributed by atoms with Crippen molar-refractivity contribution < 1.29 is 0 Å². The van der Waals surface area contributed by atoms with E-state index in [9.17, 15) is 0 Å². The molecule has 3 nitrogen and oxygen atoms in total. The van der Waals surface area contributed by atoms with Crippen LogP contribution in [0.15, 0.2) is 36.5 Å². The van der Waals surface area contributed by atoms with Crippen LogP contribution in [0.5, 0.6) is 0 Å². The Labute approximate surface area is 112 Å². The number of nitrogens with zero attached hydrogens (tertiary/aromatic N) is 1. The van der Waals surface area contributed by atoms with Gasteiger partial charge in [0.2, 0.25) is 0 Å². The molecule has 2 aromatic rings. The van der Waals surface area contributed by atoms with Gasteiger partial charge in [-0.25, -0.2) is 5.43 Å². The minimum atomic E-state index is -0.147. The van der Waals surface area contributed by atoms with Crippen LogP contribution in [0.25, 0.3) is 0 Å². The molecule has 0 fully saturated rings. The Bertz CT molecular complexity index is 537. The highest BCUT2D eigenvalue weighted by Gasteiger charge is 2.15. The van der Waals surface area contributed by atoms with E-state index < -0.39 is 0 Å². The van der Waals surface area contributed by atoms with E-state index in [1.807, 2.05) is 50.4 Å². The van der Waals surface area contributed by atoms with Gasteiger partial charge in [-0.3, -0.25) is 10.8 Å². The van der Waals surface area contributed by atoms with Crippen LogP contribution in [0.3, 0.4) is 0 Å². The Hall–Kier alpha value is -1.42. The smallest absolute Gasteiger partial charge is 0.0739 e. The van der Waals surface area contributed by atoms with Crippen LogP contribution in [-0.4, -0.2) is 4.98 Å². The Morgan fingerprint density at radius 3 is 2.56 bits per heavy atom. The zero-order valence-electron chi connectivity index (χ0n) is 10.4. The van der Waals surface area contributed by atoms with E-state index in [-0.39, 0.29) is 6.04 Å². The molecule has 94 valence electrons. The number of nitrogens with two attached hydrogens (primary N) is 1. The van der Waals surface area contributed by atoms with Gasteiger partial charge in [-0.05, 0) is 42.7 Å². The highest BCUT2D eigenvalue weighted by atomic mass is 35.5. The molecule has 1 unspecified atom stereocenters. The Balaban J connectivity index is 2.41. The summed E-state index contributed by atoms with van der Waals surface area (Å²) < 4.78 is 0. The summed E-state index contributed by atoms with van der Waals surface area (Å²) in [5, 5.41) is 0.707. The molecule has 1 atom stereocenters. The predicted octanol–water partition coefficient (Wildman–Crippen LogP) is 2.90. The van der Waals surface area contributed by atoms with Crippen LogP contribution in [0.2, 0.25) is 5.02 Å². The number of nitrogens with one attached hydrogen (secondary N) is 1. The van der Waals surface area contributed by atoms with Crippen molar-refractivity contribution >= 4 is 11.6 Å². The summed E-state index contributed by atoms with van der Waals surface area (Å²) in [5.41, 5.74) is 6.84. The van der Waals surface area contributed by atoms with Gasteiger partial charge in [0.05, 0.1) is 6.04 Å². The third kappa shape index (κ3) is 2.70. The number of halogens is 1. The number of aryl methyl sites for hydroxylation is 2. The molecule has 0 aliphatic rings. The van der Waals surface area contributed by atoms with Crippen molar-refractivity contribution in [3.63, 3.8) is 0 Å². The first-order chi connectivity index (χ1) is 8.61. The van der Waals surface area contributed by atoms with Crippen LogP contribution in [0, 0.1) is 13.8 Å². The van der Waals surface area contributed by atoms with E-state index >= 15 is 0 Å². The average Bonchev–Trinajstić information content (AvgIpc) is 2.35. The van der Waals surface area contributed by atoms with Gasteiger partial charge in [0.25, 0.3) is 0 Å². The highest BCUT2D eigenvalue weighted by Crippen LogP contribution is 2.28. The van der Waals surface area contributed by atoms with E-state index in [1.54, 1.807) is 0 Å². The first kappa shape index (κ1) is 13.0. The lowest BCUT2D eigenvalue weighted by Gasteiger charge is -2.18. The Morgan fingerprint density at radius 1 is 1.22 bits per heavy atom. The van der Waals surface area contributed by atoms with E-state index in [0.717, 1.165) is 22.4 Å². The minimum Gasteiger partial charge on any atom is -0.271 e. The molecule has 0 bridgehead atoms. The molecule has 1 aromatic heterocycles. The lowest BCUT2D eigenvalue weighted by Crippen LogP contribution is -2.29. The maximum Gasteiger partial charge on any atom is 0.0739 e. The van der Waals surface area contributed by atoms with Gasteiger partial charge in [-0.15, -0.1) is 0 Å². The summed E-state index contributed by atoms with van der Waals surface area (Å²) in [5.74, 6) is 5.65. The van der Waals surface area contributed by atoms with Gasteiger partial charge >= 0.3 is 0 Å². The third-order valence-corrected chi connectivity index (χ3v) is 3.23. The second-order valence-electron chi connectivity index (χ2n) is 4.36. The van der Waals surface area contributed by atoms with Crippen molar-refractivity contribution in [2.45, 2.75) is 19.9 Å². The molecule has 0 aliphatic heterocycles. The number of rotatable bonds is 3. The molecule has 0 amide bonds. The summed E-state index contributed by atoms with van der Waals surface area (Å²) >= 11 is 6.27. The van der Waals surface area contributed by atoms with Crippen molar-refractivity contribution in [3.8, 4) is 0 Å². The van der Waals surface area contributed by atoms with Crippen LogP contribution in [0.4, 0.5) is 0 Å². The fraction of sp³-hybridized carbons (Fsp3) is 0.214. The largest absolute Gasteiger partial charge is 0.271 e. The Morgan fingerprint density at radius 2 is 2.00 bits per heavy atom. The topological polar surface area (TPSA) is 50.9 Å². The van der Waals surface area contributed by atoms with Crippen molar-refractivity contribution in [1.82, 2.24) is 10.4 Å². The van der Waals surface area contributed by atoms with E-state index in [4.69, 9.17) is 17.4 Å². The summed E-state index contributed by atoms with van der Waals surface area (Å²) in [7, 11) is 0. The number of hydrazine groups is 1. The van der Waals surface area contributed by atoms with E-state index in [1.165, 1.54) is 0 Å². The predicted molar refractivity (Wildman–Crippen MR) is 74.3 cm³/mol. The molecular formula is C14H16ClN3. The van der Waals surface area contributed by atoms with Gasteiger partial charge in [-0.2, -0.15) is 0 Å². The molecule has 0 saturated heterocycles. The summed E-state index contributed by atoms with van der Waals surface area (Å²) in [6.07, 6.45) is 1.82. The molecule has 0 spiro atoms. The summed E-state index contributed by atoms with van der Waals surface area (Å²) in [6.45, 7) is 3.96. The van der Waals surface area contributed by atoms with Gasteiger partial charge in [-0.1, -0.05) is 29.8 Å². The maximum atomic E-state index is 6.27. The van der Waals surface area contributed by atoms with Crippen LogP contribution < -0.4 is 11.3 Å². The number of hydrogen-bond donors (Lipinski definition) is 2. The van der Waals surface area contributed by atoms with Gasteiger partial charge < -0.3 is 0 Å². The number of hydrogen-bond acceptors (Lipinski definition) is 3. The zero-order valence-corrected chi connectivity index (χ0v) is 11.2. The molecule has 0 saturated carbocycles. The SMILES string of the molecule is Cc1ccc(C(NN)c2ccc(C)nc2)c(Cl)c1. The van der Waals surface area contributed by atoms with E-state index in [0.29, 0.717) is 5.02 Å². The Kier molecular flexibility index (Phi) is 3.97. The van der Waals surface area contributed by atoms with Crippen molar-refractivity contribution in [1.29, 1.82) is 0 Å². The fourth-order valence-electron chi connectivity index (χ4n) is 1.88. The molecule has 1 aromatic carbocycles. The molecule has 0 radical (unpaired) electrons. The lowest BCUT2D eigenvalue weighted by atomic mass is 9.99. The lowest BCUT2D eigenvalue weighted by molar-refractivity contribution is 0.634. The highest BCUT2D eigenvalue weighted by molar-refractivity contribution is 6.31. The normalized spacial score (nSPS) is 12.4. The van der Waals surface area contributed by atoms with Gasteiger partial charge in [0, 0.05) is 16.9 Å². The fourth-order valence-corrected chi connectivity index (χ4v) is 2.23. The second kappa shape index (κ2) is 5.48. The maximum absolute atomic E-state index is 6.27. The summed E-state index contributed by atoms with van der Waals surface area (Å²) in [4.78, 5) is 4.28. The number of aromatic nitrogens is 1. The zero-order chi connectivity index (χ0) is 13.1. The first-order valence-corrected chi connectivity index (χ1v) is 6.14. The standard InChI is InChI=1S/C14H16ClN3/c1-9-3-6-12(13(15)7-9)14(18-16)11-5-4-10(2)17-8-11/h3-8,14,18H,16H2,1-2H3. The first-order valence-electron chi connectivity index (χ1n) is 5.76. The summed E-state index contributed by atoms with van der Waals surface area (Å²) in [6, 6.07) is 9.76. The number of benzene rings is 1. The molecule has 18 heavy (non-hydrogen) atoms. The molecular weight excluding hydrogens is 246 g/mol. The van der Waals surface area contributed by atoms with Crippen LogP contribution >= 0.6 is 11.6 Å². The van der Waals surface area contributed by atoms with Crippen molar-refractivity contribution in [2.75, 3.05) is 0 Å². The van der Waals surface area contributed by atoms with Crippen molar-refractivity contribution in [2.24, 2.45) is 5.84 Å². The second-order valence-corrected chi connectivity index (χ2v) is 4.76. The van der Waals surface area contributed by atoms with Gasteiger partial charge in [0.1, 0.15) is 0 Å². The molecule has 2 rings (SSSR count). The minimum absolute atomic E-state index is 0.147. The molecule has 0 aliphatic carbocycles. The van der Waals surface area contributed by atoms with E-state index in [2.05, 4.69) is 10.4 Å². The monoisotopic (exact) mass is 261 g/mol. The number of pyridine rings is 1. The quantitative estimate of drug-likeness (QED) is 0.660.